The molecule has 0 saturated heterocycles. The van der Waals surface area contributed by atoms with Crippen LogP contribution < -0.4 is 5.32 Å². The SMILES string of the molecule is C#CC(C)Nc1c(C)c(Cl)nc2ncnn12. The molecule has 1 atom stereocenters. The van der Waals surface area contributed by atoms with Crippen molar-refractivity contribution in [3.05, 3.63) is 17.0 Å². The van der Waals surface area contributed by atoms with Crippen molar-refractivity contribution in [3.63, 3.8) is 0 Å². The predicted molar refractivity (Wildman–Crippen MR) is 62.4 cm³/mol. The van der Waals surface area contributed by atoms with Gasteiger partial charge in [0.05, 0.1) is 6.04 Å². The van der Waals surface area contributed by atoms with Crippen molar-refractivity contribution in [3.8, 4) is 12.3 Å². The lowest BCUT2D eigenvalue weighted by molar-refractivity contribution is 0.896. The van der Waals surface area contributed by atoms with Crippen LogP contribution in [0.3, 0.4) is 0 Å². The van der Waals surface area contributed by atoms with Gasteiger partial charge in [0, 0.05) is 5.56 Å². The molecule has 16 heavy (non-hydrogen) atoms. The van der Waals surface area contributed by atoms with Gasteiger partial charge < -0.3 is 5.32 Å². The summed E-state index contributed by atoms with van der Waals surface area (Å²) in [7, 11) is 0. The van der Waals surface area contributed by atoms with E-state index in [0.717, 1.165) is 11.4 Å². The summed E-state index contributed by atoms with van der Waals surface area (Å²) in [5, 5.41) is 7.59. The third-order valence-corrected chi connectivity index (χ3v) is 2.58. The van der Waals surface area contributed by atoms with Crippen molar-refractivity contribution in [1.82, 2.24) is 19.6 Å². The van der Waals surface area contributed by atoms with Crippen LogP contribution in [0.5, 0.6) is 0 Å². The molecule has 0 aliphatic carbocycles. The van der Waals surface area contributed by atoms with Gasteiger partial charge in [0.1, 0.15) is 17.3 Å². The second kappa shape index (κ2) is 3.99. The van der Waals surface area contributed by atoms with Crippen molar-refractivity contribution in [2.75, 3.05) is 5.32 Å². The van der Waals surface area contributed by atoms with Crippen molar-refractivity contribution in [2.24, 2.45) is 0 Å². The molecule has 2 aromatic heterocycles. The second-order valence-electron chi connectivity index (χ2n) is 3.38. The Morgan fingerprint density at radius 3 is 3.06 bits per heavy atom. The summed E-state index contributed by atoms with van der Waals surface area (Å²) in [5.41, 5.74) is 0.793. The number of fused-ring (bicyclic) bond motifs is 1. The molecule has 0 amide bonds. The lowest BCUT2D eigenvalue weighted by Crippen LogP contribution is -2.17. The van der Waals surface area contributed by atoms with Crippen LogP contribution in [0.4, 0.5) is 5.82 Å². The highest BCUT2D eigenvalue weighted by atomic mass is 35.5. The zero-order chi connectivity index (χ0) is 11.7. The van der Waals surface area contributed by atoms with Gasteiger partial charge in [-0.25, -0.2) is 0 Å². The molecule has 0 spiro atoms. The highest BCUT2D eigenvalue weighted by molar-refractivity contribution is 6.30. The first-order chi connectivity index (χ1) is 7.63. The minimum absolute atomic E-state index is 0.121. The minimum Gasteiger partial charge on any atom is -0.356 e. The fraction of sp³-hybridized carbons (Fsp3) is 0.300. The maximum absolute atomic E-state index is 5.99. The molecule has 0 fully saturated rings. The van der Waals surface area contributed by atoms with E-state index in [4.69, 9.17) is 18.0 Å². The molecule has 0 radical (unpaired) electrons. The van der Waals surface area contributed by atoms with E-state index < -0.39 is 0 Å². The van der Waals surface area contributed by atoms with E-state index in [9.17, 15) is 0 Å². The van der Waals surface area contributed by atoms with Crippen molar-refractivity contribution >= 4 is 23.2 Å². The Hall–Kier alpha value is -1.80. The molecule has 0 aliphatic heterocycles. The fourth-order valence-electron chi connectivity index (χ4n) is 1.31. The molecule has 0 aliphatic rings. The summed E-state index contributed by atoms with van der Waals surface area (Å²) in [6, 6.07) is -0.121. The van der Waals surface area contributed by atoms with E-state index in [-0.39, 0.29) is 6.04 Å². The van der Waals surface area contributed by atoms with Gasteiger partial charge in [-0.05, 0) is 13.8 Å². The maximum atomic E-state index is 5.99. The van der Waals surface area contributed by atoms with E-state index in [2.05, 4.69) is 26.3 Å². The number of aromatic nitrogens is 4. The number of hydrogen-bond donors (Lipinski definition) is 1. The Morgan fingerprint density at radius 2 is 2.38 bits per heavy atom. The van der Waals surface area contributed by atoms with Crippen LogP contribution >= 0.6 is 11.6 Å². The summed E-state index contributed by atoms with van der Waals surface area (Å²) in [5.74, 6) is 3.75. The van der Waals surface area contributed by atoms with Crippen molar-refractivity contribution in [1.29, 1.82) is 0 Å². The zero-order valence-electron chi connectivity index (χ0n) is 8.90. The Morgan fingerprint density at radius 1 is 1.62 bits per heavy atom. The number of nitrogens with zero attached hydrogens (tertiary/aromatic N) is 4. The molecule has 2 aromatic rings. The van der Waals surface area contributed by atoms with Gasteiger partial charge in [0.15, 0.2) is 0 Å². The number of halogens is 1. The molecule has 2 rings (SSSR count). The van der Waals surface area contributed by atoms with Crippen molar-refractivity contribution in [2.45, 2.75) is 19.9 Å². The maximum Gasteiger partial charge on any atom is 0.255 e. The van der Waals surface area contributed by atoms with E-state index in [1.165, 1.54) is 6.33 Å². The van der Waals surface area contributed by atoms with Gasteiger partial charge in [-0.1, -0.05) is 17.5 Å². The van der Waals surface area contributed by atoms with Crippen LogP contribution in [-0.2, 0) is 0 Å². The van der Waals surface area contributed by atoms with Gasteiger partial charge in [0.25, 0.3) is 5.78 Å². The number of hydrogen-bond acceptors (Lipinski definition) is 4. The van der Waals surface area contributed by atoms with Gasteiger partial charge >= 0.3 is 0 Å². The molecule has 6 heteroatoms. The first-order valence-electron chi connectivity index (χ1n) is 4.72. The lowest BCUT2D eigenvalue weighted by Gasteiger charge is -2.13. The monoisotopic (exact) mass is 235 g/mol. The molecule has 1 unspecified atom stereocenters. The number of terminal acetylenes is 1. The Labute approximate surface area is 97.9 Å². The lowest BCUT2D eigenvalue weighted by atomic mass is 10.3. The molecular formula is C10H10ClN5. The minimum atomic E-state index is -0.121. The normalized spacial score (nSPS) is 12.4. The first-order valence-corrected chi connectivity index (χ1v) is 5.09. The summed E-state index contributed by atoms with van der Waals surface area (Å²) in [6.07, 6.45) is 6.74. The molecular weight excluding hydrogens is 226 g/mol. The Bertz CT molecular complexity index is 568. The smallest absolute Gasteiger partial charge is 0.255 e. The van der Waals surface area contributed by atoms with Gasteiger partial charge in [-0.2, -0.15) is 19.6 Å². The third kappa shape index (κ3) is 1.68. The van der Waals surface area contributed by atoms with Crippen LogP contribution in [-0.4, -0.2) is 25.6 Å². The highest BCUT2D eigenvalue weighted by Gasteiger charge is 2.12. The van der Waals surface area contributed by atoms with E-state index in [1.807, 2.05) is 13.8 Å². The average molecular weight is 236 g/mol. The zero-order valence-corrected chi connectivity index (χ0v) is 9.65. The number of anilines is 1. The molecule has 82 valence electrons. The number of nitrogens with one attached hydrogen (secondary N) is 1. The van der Waals surface area contributed by atoms with Crippen LogP contribution in [0.25, 0.3) is 5.78 Å². The molecule has 2 heterocycles. The predicted octanol–water partition coefficient (Wildman–Crippen LogP) is 1.52. The largest absolute Gasteiger partial charge is 0.356 e. The van der Waals surface area contributed by atoms with E-state index in [1.54, 1.807) is 4.52 Å². The van der Waals surface area contributed by atoms with Gasteiger partial charge in [0.2, 0.25) is 0 Å². The van der Waals surface area contributed by atoms with Crippen LogP contribution in [0.1, 0.15) is 12.5 Å². The first kappa shape index (κ1) is 10.7. The van der Waals surface area contributed by atoms with Gasteiger partial charge in [-0.15, -0.1) is 6.42 Å². The fourth-order valence-corrected chi connectivity index (χ4v) is 1.48. The van der Waals surface area contributed by atoms with Crippen LogP contribution in [0, 0.1) is 19.3 Å². The summed E-state index contributed by atoms with van der Waals surface area (Å²) < 4.78 is 1.58. The quantitative estimate of drug-likeness (QED) is 0.634. The third-order valence-electron chi connectivity index (χ3n) is 2.21. The van der Waals surface area contributed by atoms with Gasteiger partial charge in [-0.3, -0.25) is 0 Å². The molecule has 0 saturated carbocycles. The molecule has 1 N–H and O–H groups in total. The summed E-state index contributed by atoms with van der Waals surface area (Å²) in [6.45, 7) is 3.72. The van der Waals surface area contributed by atoms with Crippen LogP contribution in [0.2, 0.25) is 5.15 Å². The second-order valence-corrected chi connectivity index (χ2v) is 3.74. The summed E-state index contributed by atoms with van der Waals surface area (Å²) in [4.78, 5) is 8.07. The summed E-state index contributed by atoms with van der Waals surface area (Å²) >= 11 is 5.99. The molecule has 5 nitrogen and oxygen atoms in total. The van der Waals surface area contributed by atoms with Crippen molar-refractivity contribution < 1.29 is 0 Å². The Balaban J connectivity index is 2.61. The Kier molecular flexibility index (Phi) is 2.67. The highest BCUT2D eigenvalue weighted by Crippen LogP contribution is 2.22. The standard InChI is InChI=1S/C10H10ClN5/c1-4-6(2)14-9-7(3)8(11)15-10-12-5-13-16(9)10/h1,5-6,14H,2-3H3. The van der Waals surface area contributed by atoms with Crippen LogP contribution in [0.15, 0.2) is 6.33 Å². The molecule has 0 aromatic carbocycles. The number of rotatable bonds is 2. The average Bonchev–Trinajstić information content (AvgIpc) is 2.71. The molecule has 0 bridgehead atoms. The topological polar surface area (TPSA) is 55.1 Å². The van der Waals surface area contributed by atoms with E-state index >= 15 is 0 Å². The van der Waals surface area contributed by atoms with E-state index in [0.29, 0.717) is 10.9 Å².